The number of ether oxygens (including phenoxy) is 3. The average Bonchev–Trinajstić information content (AvgIpc) is 2.51. The van der Waals surface area contributed by atoms with Crippen molar-refractivity contribution in [2.24, 2.45) is 5.41 Å². The van der Waals surface area contributed by atoms with E-state index < -0.39 is 23.3 Å². The molecule has 0 unspecified atom stereocenters. The van der Waals surface area contributed by atoms with Gasteiger partial charge in [0.25, 0.3) is 0 Å². The zero-order chi connectivity index (χ0) is 16.3. The van der Waals surface area contributed by atoms with Crippen LogP contribution in [0.2, 0.25) is 0 Å². The Hall–Kier alpha value is -2.29. The third-order valence-corrected chi connectivity index (χ3v) is 2.77. The van der Waals surface area contributed by atoms with Gasteiger partial charge < -0.3 is 14.2 Å². The third kappa shape index (κ3) is 5.30. The average molecular weight is 296 g/mol. The topological polar surface area (TPSA) is 78.9 Å². The second kappa shape index (κ2) is 9.59. The smallest absolute Gasteiger partial charge is 0.330 e. The molecular formula is C15H20O6. The highest BCUT2D eigenvalue weighted by atomic mass is 16.5. The first-order valence-corrected chi connectivity index (χ1v) is 6.35. The molecule has 0 aliphatic carbocycles. The summed E-state index contributed by atoms with van der Waals surface area (Å²) >= 11 is 0. The molecular weight excluding hydrogens is 276 g/mol. The highest BCUT2D eigenvalue weighted by Crippen LogP contribution is 2.30. The fraction of sp³-hybridized carbons (Fsp3) is 0.533. The Bertz CT molecular complexity index is 450. The van der Waals surface area contributed by atoms with Crippen LogP contribution in [-0.4, -0.2) is 39.2 Å². The van der Waals surface area contributed by atoms with E-state index >= 15 is 0 Å². The van der Waals surface area contributed by atoms with Crippen LogP contribution < -0.4 is 0 Å². The van der Waals surface area contributed by atoms with Gasteiger partial charge in [-0.05, 0) is 6.42 Å². The zero-order valence-electron chi connectivity index (χ0n) is 12.7. The summed E-state index contributed by atoms with van der Waals surface area (Å²) in [6, 6.07) is 0. The lowest BCUT2D eigenvalue weighted by molar-refractivity contribution is -0.168. The molecule has 0 N–H and O–H groups in total. The zero-order valence-corrected chi connectivity index (χ0v) is 12.7. The standard InChI is InChI=1S/C15H20O6/c1-5-6-7-10-15(13(17)20-3,14(18)21-4)11-8-9-12(16)19-2/h8-9H,5,10-11H2,1-4H3/b9-8+. The van der Waals surface area contributed by atoms with Crippen molar-refractivity contribution in [3.8, 4) is 11.8 Å². The lowest BCUT2D eigenvalue weighted by Gasteiger charge is -2.24. The Balaban J connectivity index is 5.45. The normalized spacial score (nSPS) is 10.5. The summed E-state index contributed by atoms with van der Waals surface area (Å²) in [4.78, 5) is 35.1. The maximum absolute atomic E-state index is 12.0. The van der Waals surface area contributed by atoms with E-state index in [0.29, 0.717) is 6.42 Å². The van der Waals surface area contributed by atoms with E-state index in [1.54, 1.807) is 0 Å². The van der Waals surface area contributed by atoms with Crippen molar-refractivity contribution in [2.45, 2.75) is 26.2 Å². The summed E-state index contributed by atoms with van der Waals surface area (Å²) in [6.07, 6.45) is 2.98. The van der Waals surface area contributed by atoms with Crippen molar-refractivity contribution in [1.82, 2.24) is 0 Å². The molecule has 0 saturated heterocycles. The number of allylic oxidation sites excluding steroid dienone is 1. The molecule has 6 nitrogen and oxygen atoms in total. The molecule has 116 valence electrons. The van der Waals surface area contributed by atoms with Crippen molar-refractivity contribution in [3.05, 3.63) is 12.2 Å². The summed E-state index contributed by atoms with van der Waals surface area (Å²) in [5, 5.41) is 0. The Morgan fingerprint density at radius 2 is 1.57 bits per heavy atom. The van der Waals surface area contributed by atoms with Gasteiger partial charge in [-0.15, -0.1) is 11.8 Å². The number of carbonyl (C=O) groups is 3. The summed E-state index contributed by atoms with van der Waals surface area (Å²) in [7, 11) is 3.59. The molecule has 0 heterocycles. The van der Waals surface area contributed by atoms with Crippen molar-refractivity contribution in [3.63, 3.8) is 0 Å². The molecule has 0 spiro atoms. The molecule has 0 aliphatic heterocycles. The molecule has 0 aromatic carbocycles. The summed E-state index contributed by atoms with van der Waals surface area (Å²) in [5.41, 5.74) is -1.59. The van der Waals surface area contributed by atoms with Crippen LogP contribution in [0.25, 0.3) is 0 Å². The van der Waals surface area contributed by atoms with Gasteiger partial charge in [-0.2, -0.15) is 0 Å². The van der Waals surface area contributed by atoms with Crippen LogP contribution in [0.4, 0.5) is 0 Å². The van der Waals surface area contributed by atoms with Gasteiger partial charge in [0.15, 0.2) is 5.41 Å². The van der Waals surface area contributed by atoms with Gasteiger partial charge in [0.2, 0.25) is 0 Å². The van der Waals surface area contributed by atoms with Gasteiger partial charge in [0.1, 0.15) is 0 Å². The van der Waals surface area contributed by atoms with E-state index in [1.807, 2.05) is 6.92 Å². The van der Waals surface area contributed by atoms with Crippen LogP contribution in [0.15, 0.2) is 12.2 Å². The minimum absolute atomic E-state index is 0.0499. The number of carbonyl (C=O) groups excluding carboxylic acids is 3. The highest BCUT2D eigenvalue weighted by molar-refractivity contribution is 6.00. The maximum atomic E-state index is 12.0. The van der Waals surface area contributed by atoms with E-state index in [0.717, 1.165) is 6.08 Å². The Morgan fingerprint density at radius 3 is 2.00 bits per heavy atom. The monoisotopic (exact) mass is 296 g/mol. The quantitative estimate of drug-likeness (QED) is 0.241. The predicted octanol–water partition coefficient (Wildman–Crippen LogP) is 1.24. The van der Waals surface area contributed by atoms with Gasteiger partial charge >= 0.3 is 17.9 Å². The van der Waals surface area contributed by atoms with E-state index in [-0.39, 0.29) is 12.8 Å². The molecule has 0 atom stereocenters. The van der Waals surface area contributed by atoms with Crippen molar-refractivity contribution >= 4 is 17.9 Å². The van der Waals surface area contributed by atoms with Gasteiger partial charge in [-0.3, -0.25) is 9.59 Å². The summed E-state index contributed by atoms with van der Waals surface area (Å²) in [6.45, 7) is 1.85. The molecule has 0 radical (unpaired) electrons. The number of hydrogen-bond donors (Lipinski definition) is 0. The summed E-state index contributed by atoms with van der Waals surface area (Å²) < 4.78 is 13.8. The number of esters is 3. The van der Waals surface area contributed by atoms with Crippen LogP contribution in [0.3, 0.4) is 0 Å². The third-order valence-electron chi connectivity index (χ3n) is 2.77. The molecule has 0 fully saturated rings. The van der Waals surface area contributed by atoms with E-state index in [2.05, 4.69) is 16.6 Å². The number of hydrogen-bond acceptors (Lipinski definition) is 6. The first kappa shape index (κ1) is 18.7. The molecule has 0 aliphatic rings. The van der Waals surface area contributed by atoms with E-state index in [4.69, 9.17) is 9.47 Å². The second-order valence-electron chi connectivity index (χ2n) is 4.08. The Morgan fingerprint density at radius 1 is 1.00 bits per heavy atom. The van der Waals surface area contributed by atoms with Gasteiger partial charge in [-0.1, -0.05) is 13.0 Å². The minimum Gasteiger partial charge on any atom is -0.468 e. The lowest BCUT2D eigenvalue weighted by Crippen LogP contribution is -2.40. The Kier molecular flexibility index (Phi) is 8.54. The van der Waals surface area contributed by atoms with Gasteiger partial charge in [0, 0.05) is 18.9 Å². The van der Waals surface area contributed by atoms with Crippen molar-refractivity contribution in [1.29, 1.82) is 0 Å². The minimum atomic E-state index is -1.59. The molecule has 0 rings (SSSR count). The predicted molar refractivity (Wildman–Crippen MR) is 74.9 cm³/mol. The molecule has 0 bridgehead atoms. The fourth-order valence-corrected chi connectivity index (χ4v) is 1.62. The molecule has 6 heteroatoms. The van der Waals surface area contributed by atoms with Crippen LogP contribution in [0.1, 0.15) is 26.2 Å². The second-order valence-corrected chi connectivity index (χ2v) is 4.08. The van der Waals surface area contributed by atoms with Crippen LogP contribution in [0, 0.1) is 17.3 Å². The molecule has 0 saturated carbocycles. The SMILES string of the molecule is CCC#CCC(C/C=C/C(=O)OC)(C(=O)OC)C(=O)OC. The molecule has 21 heavy (non-hydrogen) atoms. The van der Waals surface area contributed by atoms with Crippen LogP contribution >= 0.6 is 0 Å². The maximum Gasteiger partial charge on any atom is 0.330 e. The highest BCUT2D eigenvalue weighted by Gasteiger charge is 2.47. The first-order valence-electron chi connectivity index (χ1n) is 6.35. The summed E-state index contributed by atoms with van der Waals surface area (Å²) in [5.74, 6) is 3.45. The fourth-order valence-electron chi connectivity index (χ4n) is 1.62. The van der Waals surface area contributed by atoms with Gasteiger partial charge in [-0.25, -0.2) is 4.79 Å². The molecule has 0 aromatic rings. The van der Waals surface area contributed by atoms with Crippen molar-refractivity contribution in [2.75, 3.05) is 21.3 Å². The van der Waals surface area contributed by atoms with Gasteiger partial charge in [0.05, 0.1) is 21.3 Å². The first-order chi connectivity index (χ1) is 9.98. The number of methoxy groups -OCH3 is 3. The van der Waals surface area contributed by atoms with Crippen LogP contribution in [0.5, 0.6) is 0 Å². The van der Waals surface area contributed by atoms with E-state index in [1.165, 1.54) is 27.4 Å². The van der Waals surface area contributed by atoms with E-state index in [9.17, 15) is 14.4 Å². The van der Waals surface area contributed by atoms with Crippen LogP contribution in [-0.2, 0) is 28.6 Å². The number of rotatable bonds is 6. The largest absolute Gasteiger partial charge is 0.468 e. The van der Waals surface area contributed by atoms with Crippen molar-refractivity contribution < 1.29 is 28.6 Å². The Labute approximate surface area is 124 Å². The molecule has 0 aromatic heterocycles. The molecule has 0 amide bonds. The lowest BCUT2D eigenvalue weighted by atomic mass is 9.81.